The molecular weight excluding hydrogens is 262 g/mol. The monoisotopic (exact) mass is 265 g/mol. The summed E-state index contributed by atoms with van der Waals surface area (Å²) in [5.41, 5.74) is -1.54. The lowest BCUT2D eigenvalue weighted by Gasteiger charge is -2.13. The summed E-state index contributed by atoms with van der Waals surface area (Å²) in [6, 6.07) is 1.19. The van der Waals surface area contributed by atoms with Gasteiger partial charge in [-0.25, -0.2) is 9.07 Å². The summed E-state index contributed by atoms with van der Waals surface area (Å²) in [4.78, 5) is 0. The van der Waals surface area contributed by atoms with Crippen LogP contribution in [0.1, 0.15) is 5.56 Å². The fourth-order valence-electron chi connectivity index (χ4n) is 1.29. The maximum absolute atomic E-state index is 13.1. The lowest BCUT2D eigenvalue weighted by atomic mass is 10.1. The number of aromatic nitrogens is 3. The molecule has 0 aliphatic carbocycles. The van der Waals surface area contributed by atoms with Gasteiger partial charge in [0.05, 0.1) is 28.7 Å². The minimum atomic E-state index is -4.70. The first-order valence-electron chi connectivity index (χ1n) is 4.32. The van der Waals surface area contributed by atoms with Gasteiger partial charge < -0.3 is 0 Å². The third-order valence-corrected chi connectivity index (χ3v) is 2.30. The number of halogens is 5. The van der Waals surface area contributed by atoms with Gasteiger partial charge in [0.25, 0.3) is 0 Å². The molecule has 2 aromatic rings. The van der Waals surface area contributed by atoms with E-state index < -0.39 is 22.6 Å². The Morgan fingerprint density at radius 3 is 2.47 bits per heavy atom. The smallest absolute Gasteiger partial charge is 0.220 e. The maximum atomic E-state index is 13.1. The predicted octanol–water partition coefficient (Wildman–Crippen LogP) is 3.08. The summed E-state index contributed by atoms with van der Waals surface area (Å²) in [6.45, 7) is 0. The number of rotatable bonds is 1. The van der Waals surface area contributed by atoms with Gasteiger partial charge in [-0.1, -0.05) is 16.8 Å². The molecule has 90 valence electrons. The van der Waals surface area contributed by atoms with Crippen LogP contribution in [0, 0.1) is 5.82 Å². The second-order valence-electron chi connectivity index (χ2n) is 3.13. The highest BCUT2D eigenvalue weighted by Gasteiger charge is 2.35. The molecule has 0 saturated carbocycles. The molecule has 0 aliphatic rings. The van der Waals surface area contributed by atoms with Gasteiger partial charge in [-0.2, -0.15) is 13.2 Å². The Bertz CT molecular complexity index is 536. The number of benzene rings is 1. The molecule has 1 aromatic carbocycles. The maximum Gasteiger partial charge on any atom is 0.418 e. The van der Waals surface area contributed by atoms with Gasteiger partial charge in [-0.3, -0.25) is 0 Å². The van der Waals surface area contributed by atoms with Gasteiger partial charge in [-0.15, -0.1) is 5.10 Å². The summed E-state index contributed by atoms with van der Waals surface area (Å²) >= 11 is 5.45. The van der Waals surface area contributed by atoms with Crippen molar-refractivity contribution in [1.29, 1.82) is 0 Å². The molecule has 1 heterocycles. The van der Waals surface area contributed by atoms with Crippen molar-refractivity contribution in [1.82, 2.24) is 15.0 Å². The molecule has 17 heavy (non-hydrogen) atoms. The first-order chi connectivity index (χ1) is 7.89. The molecule has 1 aromatic heterocycles. The summed E-state index contributed by atoms with van der Waals surface area (Å²) in [5.74, 6) is -1.14. The van der Waals surface area contributed by atoms with Crippen molar-refractivity contribution in [3.8, 4) is 5.69 Å². The van der Waals surface area contributed by atoms with Gasteiger partial charge >= 0.3 is 6.18 Å². The standard InChI is InChI=1S/C9H4ClF4N3/c10-6-4-8(17-2-1-15-16-17)5(3-7(6)11)9(12,13)14/h1-4H. The fraction of sp³-hybridized carbons (Fsp3) is 0.111. The van der Waals surface area contributed by atoms with Crippen molar-refractivity contribution in [2.45, 2.75) is 6.18 Å². The minimum Gasteiger partial charge on any atom is -0.220 e. The highest BCUT2D eigenvalue weighted by Crippen LogP contribution is 2.36. The van der Waals surface area contributed by atoms with Crippen LogP contribution < -0.4 is 0 Å². The second-order valence-corrected chi connectivity index (χ2v) is 3.54. The fourth-order valence-corrected chi connectivity index (χ4v) is 1.45. The average Bonchev–Trinajstić information content (AvgIpc) is 2.73. The Morgan fingerprint density at radius 2 is 1.94 bits per heavy atom. The highest BCUT2D eigenvalue weighted by atomic mass is 35.5. The van der Waals surface area contributed by atoms with Crippen molar-refractivity contribution in [2.24, 2.45) is 0 Å². The third-order valence-electron chi connectivity index (χ3n) is 2.01. The Labute approximate surface area is 97.6 Å². The van der Waals surface area contributed by atoms with E-state index >= 15 is 0 Å². The molecule has 0 fully saturated rings. The van der Waals surface area contributed by atoms with Crippen LogP contribution in [0.25, 0.3) is 5.69 Å². The molecule has 0 saturated heterocycles. The molecular formula is C9H4ClF4N3. The van der Waals surface area contributed by atoms with E-state index in [0.29, 0.717) is 6.07 Å². The zero-order chi connectivity index (χ0) is 12.6. The van der Waals surface area contributed by atoms with E-state index in [1.807, 2.05) is 0 Å². The predicted molar refractivity (Wildman–Crippen MR) is 51.3 cm³/mol. The van der Waals surface area contributed by atoms with Crippen molar-refractivity contribution in [2.75, 3.05) is 0 Å². The number of alkyl halides is 3. The van der Waals surface area contributed by atoms with E-state index in [2.05, 4.69) is 10.3 Å². The van der Waals surface area contributed by atoms with Crippen LogP contribution in [0.2, 0.25) is 5.02 Å². The lowest BCUT2D eigenvalue weighted by Crippen LogP contribution is -2.12. The molecule has 0 aliphatic heterocycles. The molecule has 2 rings (SSSR count). The quantitative estimate of drug-likeness (QED) is 0.742. The van der Waals surface area contributed by atoms with Crippen LogP contribution >= 0.6 is 11.6 Å². The second kappa shape index (κ2) is 3.99. The molecule has 0 amide bonds. The molecule has 3 nitrogen and oxygen atoms in total. The van der Waals surface area contributed by atoms with Gasteiger partial charge in [0, 0.05) is 0 Å². The molecule has 0 spiro atoms. The van der Waals surface area contributed by atoms with Crippen molar-refractivity contribution >= 4 is 11.6 Å². The van der Waals surface area contributed by atoms with Gasteiger partial charge in [0.15, 0.2) is 0 Å². The van der Waals surface area contributed by atoms with E-state index in [-0.39, 0.29) is 5.69 Å². The largest absolute Gasteiger partial charge is 0.418 e. The van der Waals surface area contributed by atoms with E-state index in [4.69, 9.17) is 11.6 Å². The molecule has 0 bridgehead atoms. The summed E-state index contributed by atoms with van der Waals surface area (Å²) in [5, 5.41) is 6.39. The first kappa shape index (κ1) is 11.8. The molecule has 0 unspecified atom stereocenters. The summed E-state index contributed by atoms with van der Waals surface area (Å²) < 4.78 is 52.0. The van der Waals surface area contributed by atoms with Crippen LogP contribution in [-0.4, -0.2) is 15.0 Å². The zero-order valence-corrected chi connectivity index (χ0v) is 8.80. The van der Waals surface area contributed by atoms with Crippen LogP contribution in [0.15, 0.2) is 24.5 Å². The molecule has 0 N–H and O–H groups in total. The van der Waals surface area contributed by atoms with E-state index in [1.54, 1.807) is 0 Å². The number of nitrogens with zero attached hydrogens (tertiary/aromatic N) is 3. The minimum absolute atomic E-state index is 0.333. The Balaban J connectivity index is 2.69. The molecule has 0 radical (unpaired) electrons. The Hall–Kier alpha value is -1.63. The Morgan fingerprint density at radius 1 is 1.24 bits per heavy atom. The molecule has 8 heteroatoms. The number of hydrogen-bond acceptors (Lipinski definition) is 2. The third kappa shape index (κ3) is 2.23. The normalized spacial score (nSPS) is 11.8. The van der Waals surface area contributed by atoms with E-state index in [9.17, 15) is 17.6 Å². The van der Waals surface area contributed by atoms with E-state index in [0.717, 1.165) is 10.7 Å². The zero-order valence-electron chi connectivity index (χ0n) is 8.04. The number of hydrogen-bond donors (Lipinski definition) is 0. The Kier molecular flexibility index (Phi) is 2.78. The van der Waals surface area contributed by atoms with Crippen LogP contribution in [0.5, 0.6) is 0 Å². The highest BCUT2D eigenvalue weighted by molar-refractivity contribution is 6.30. The van der Waals surface area contributed by atoms with E-state index in [1.165, 1.54) is 12.4 Å². The van der Waals surface area contributed by atoms with Gasteiger partial charge in [0.2, 0.25) is 0 Å². The lowest BCUT2D eigenvalue weighted by molar-refractivity contribution is -0.137. The molecule has 0 atom stereocenters. The van der Waals surface area contributed by atoms with Crippen molar-refractivity contribution in [3.05, 3.63) is 40.9 Å². The van der Waals surface area contributed by atoms with Gasteiger partial charge in [0.1, 0.15) is 5.82 Å². The van der Waals surface area contributed by atoms with Crippen LogP contribution in [0.4, 0.5) is 17.6 Å². The SMILES string of the molecule is Fc1cc(C(F)(F)F)c(-n2ccnn2)cc1Cl. The topological polar surface area (TPSA) is 30.7 Å². The summed E-state index contributed by atoms with van der Waals surface area (Å²) in [7, 11) is 0. The van der Waals surface area contributed by atoms with Gasteiger partial charge in [-0.05, 0) is 12.1 Å². The van der Waals surface area contributed by atoms with Crippen molar-refractivity contribution < 1.29 is 17.6 Å². The van der Waals surface area contributed by atoms with Crippen LogP contribution in [-0.2, 0) is 6.18 Å². The first-order valence-corrected chi connectivity index (χ1v) is 4.70. The van der Waals surface area contributed by atoms with Crippen LogP contribution in [0.3, 0.4) is 0 Å². The average molecular weight is 266 g/mol. The summed E-state index contributed by atoms with van der Waals surface area (Å²) in [6.07, 6.45) is -2.29. The van der Waals surface area contributed by atoms with Crippen molar-refractivity contribution in [3.63, 3.8) is 0 Å².